The summed E-state index contributed by atoms with van der Waals surface area (Å²) >= 11 is 0. The van der Waals surface area contributed by atoms with Crippen LogP contribution in [0.1, 0.15) is 129 Å². The monoisotopic (exact) mass is 419 g/mol. The summed E-state index contributed by atoms with van der Waals surface area (Å²) in [5.41, 5.74) is 0. The first-order valence-corrected chi connectivity index (χ1v) is 13.6. The lowest BCUT2D eigenvalue weighted by Crippen LogP contribution is -2.38. The molecule has 5 heteroatoms. The van der Waals surface area contributed by atoms with E-state index in [4.69, 9.17) is 0 Å². The fourth-order valence-electron chi connectivity index (χ4n) is 3.90. The Bertz CT molecular complexity index is 426. The number of nitrogens with zero attached hydrogens (tertiary/aromatic N) is 1. The van der Waals surface area contributed by atoms with Crippen molar-refractivity contribution < 1.29 is 13.0 Å². The van der Waals surface area contributed by atoms with Crippen molar-refractivity contribution >= 4 is 10.1 Å². The van der Waals surface area contributed by atoms with Gasteiger partial charge in [0.1, 0.15) is 5.37 Å². The minimum atomic E-state index is -3.97. The molecule has 1 atom stereocenters. The summed E-state index contributed by atoms with van der Waals surface area (Å²) in [5, 5.41) is -0.742. The molecular weight excluding hydrogens is 370 g/mol. The third-order valence-corrected chi connectivity index (χ3v) is 7.02. The molecule has 0 spiro atoms. The molecule has 4 nitrogen and oxygen atoms in total. The van der Waals surface area contributed by atoms with Gasteiger partial charge in [0.05, 0.1) is 0 Å². The molecule has 0 aromatic heterocycles. The zero-order chi connectivity index (χ0) is 21.1. The molecule has 0 heterocycles. The van der Waals surface area contributed by atoms with Crippen molar-refractivity contribution in [3.05, 3.63) is 0 Å². The highest BCUT2D eigenvalue weighted by Gasteiger charge is 2.25. The molecule has 0 radical (unpaired) electrons. The Morgan fingerprint density at radius 1 is 0.643 bits per heavy atom. The van der Waals surface area contributed by atoms with E-state index in [1.165, 1.54) is 89.9 Å². The zero-order valence-corrected chi connectivity index (χ0v) is 19.9. The van der Waals surface area contributed by atoms with Gasteiger partial charge >= 0.3 is 0 Å². The van der Waals surface area contributed by atoms with E-state index in [1.54, 1.807) is 11.9 Å². The number of unbranched alkanes of at least 4 members (excludes halogenated alkanes) is 15. The molecule has 0 aromatic carbocycles. The van der Waals surface area contributed by atoms with Crippen LogP contribution in [0.15, 0.2) is 0 Å². The van der Waals surface area contributed by atoms with Crippen LogP contribution in [-0.4, -0.2) is 36.8 Å². The lowest BCUT2D eigenvalue weighted by molar-refractivity contribution is 0.267. The molecule has 0 saturated carbocycles. The first-order chi connectivity index (χ1) is 13.4. The van der Waals surface area contributed by atoms with Gasteiger partial charge in [-0.1, -0.05) is 117 Å². The smallest absolute Gasteiger partial charge is 0.281 e. The molecule has 0 bridgehead atoms. The van der Waals surface area contributed by atoms with E-state index in [1.807, 2.05) is 6.92 Å². The van der Waals surface area contributed by atoms with Gasteiger partial charge in [-0.2, -0.15) is 8.42 Å². The first-order valence-electron chi connectivity index (χ1n) is 12.1. The predicted molar refractivity (Wildman–Crippen MR) is 122 cm³/mol. The SMILES string of the molecule is CCCCCCCCCCCCCCCCCCN(C)C(CCC)S(=O)(=O)O. The lowest BCUT2D eigenvalue weighted by Gasteiger charge is -2.25. The van der Waals surface area contributed by atoms with Crippen LogP contribution in [0, 0.1) is 0 Å². The van der Waals surface area contributed by atoms with E-state index in [-0.39, 0.29) is 0 Å². The standard InChI is InChI=1S/C23H49NO3S/c1-4-6-7-8-9-10-11-12-13-14-15-16-17-18-19-20-22-24(3)23(21-5-2)28(25,26)27/h23H,4-22H2,1-3H3,(H,25,26,27). The Morgan fingerprint density at radius 2 is 1.00 bits per heavy atom. The second-order valence-electron chi connectivity index (χ2n) is 8.54. The highest BCUT2D eigenvalue weighted by atomic mass is 32.2. The number of hydrogen-bond acceptors (Lipinski definition) is 3. The van der Waals surface area contributed by atoms with Crippen molar-refractivity contribution in [2.75, 3.05) is 13.6 Å². The summed E-state index contributed by atoms with van der Waals surface area (Å²) in [7, 11) is -2.17. The van der Waals surface area contributed by atoms with Crippen molar-refractivity contribution in [2.24, 2.45) is 0 Å². The maximum Gasteiger partial charge on any atom is 0.281 e. The second kappa shape index (κ2) is 18.9. The van der Waals surface area contributed by atoms with Crippen LogP contribution in [0.4, 0.5) is 0 Å². The molecule has 0 amide bonds. The fourth-order valence-corrected chi connectivity index (χ4v) is 4.99. The molecule has 1 N–H and O–H groups in total. The van der Waals surface area contributed by atoms with E-state index in [0.717, 1.165) is 25.8 Å². The van der Waals surface area contributed by atoms with Crippen molar-refractivity contribution in [1.82, 2.24) is 4.90 Å². The lowest BCUT2D eigenvalue weighted by atomic mass is 10.0. The van der Waals surface area contributed by atoms with Gasteiger partial charge < -0.3 is 0 Å². The van der Waals surface area contributed by atoms with Crippen molar-refractivity contribution in [1.29, 1.82) is 0 Å². The largest absolute Gasteiger partial charge is 0.288 e. The normalized spacial score (nSPS) is 13.3. The summed E-state index contributed by atoms with van der Waals surface area (Å²) in [5.74, 6) is 0. The molecule has 1 unspecified atom stereocenters. The maximum absolute atomic E-state index is 11.4. The van der Waals surface area contributed by atoms with Gasteiger partial charge in [0.2, 0.25) is 0 Å². The Morgan fingerprint density at radius 3 is 1.32 bits per heavy atom. The summed E-state index contributed by atoms with van der Waals surface area (Å²) in [6, 6.07) is 0. The Kier molecular flexibility index (Phi) is 18.8. The van der Waals surface area contributed by atoms with Gasteiger partial charge in [0.25, 0.3) is 10.1 Å². The van der Waals surface area contributed by atoms with E-state index in [2.05, 4.69) is 6.92 Å². The molecule has 0 saturated heterocycles. The molecule has 0 aliphatic rings. The molecule has 0 fully saturated rings. The van der Waals surface area contributed by atoms with Crippen LogP contribution >= 0.6 is 0 Å². The molecule has 28 heavy (non-hydrogen) atoms. The summed E-state index contributed by atoms with van der Waals surface area (Å²) in [6.07, 6.45) is 22.7. The average Bonchev–Trinajstić information content (AvgIpc) is 2.64. The van der Waals surface area contributed by atoms with Crippen molar-refractivity contribution in [2.45, 2.75) is 135 Å². The van der Waals surface area contributed by atoms with Crippen LogP contribution in [0.5, 0.6) is 0 Å². The number of hydrogen-bond donors (Lipinski definition) is 1. The molecule has 0 aromatic rings. The van der Waals surface area contributed by atoms with Gasteiger partial charge in [-0.05, 0) is 26.4 Å². The predicted octanol–water partition coefficient (Wildman–Crippen LogP) is 7.19. The highest BCUT2D eigenvalue weighted by Crippen LogP contribution is 2.15. The van der Waals surface area contributed by atoms with Gasteiger partial charge in [-0.15, -0.1) is 0 Å². The Balaban J connectivity index is 3.41. The zero-order valence-electron chi connectivity index (χ0n) is 19.1. The van der Waals surface area contributed by atoms with E-state index in [9.17, 15) is 13.0 Å². The first kappa shape index (κ1) is 27.9. The third kappa shape index (κ3) is 16.8. The van der Waals surface area contributed by atoms with Crippen molar-refractivity contribution in [3.8, 4) is 0 Å². The molecule has 0 aliphatic carbocycles. The molecular formula is C23H49NO3S. The Hall–Kier alpha value is -0.130. The van der Waals surface area contributed by atoms with Gasteiger partial charge in [-0.25, -0.2) is 0 Å². The minimum Gasteiger partial charge on any atom is -0.288 e. The summed E-state index contributed by atoms with van der Waals surface area (Å²) in [4.78, 5) is 1.79. The van der Waals surface area contributed by atoms with Crippen LogP contribution in [0.3, 0.4) is 0 Å². The van der Waals surface area contributed by atoms with E-state index in [0.29, 0.717) is 6.42 Å². The van der Waals surface area contributed by atoms with Crippen molar-refractivity contribution in [3.63, 3.8) is 0 Å². The van der Waals surface area contributed by atoms with Crippen LogP contribution in [-0.2, 0) is 10.1 Å². The Labute approximate surface area is 176 Å². The van der Waals surface area contributed by atoms with E-state index < -0.39 is 15.5 Å². The second-order valence-corrected chi connectivity index (χ2v) is 10.1. The molecule has 0 rings (SSSR count). The third-order valence-electron chi connectivity index (χ3n) is 5.74. The van der Waals surface area contributed by atoms with Gasteiger partial charge in [0.15, 0.2) is 0 Å². The van der Waals surface area contributed by atoms with Crippen LogP contribution < -0.4 is 0 Å². The van der Waals surface area contributed by atoms with Crippen LogP contribution in [0.2, 0.25) is 0 Å². The van der Waals surface area contributed by atoms with Gasteiger partial charge in [-0.3, -0.25) is 9.45 Å². The minimum absolute atomic E-state index is 0.494. The maximum atomic E-state index is 11.4. The summed E-state index contributed by atoms with van der Waals surface area (Å²) in [6.45, 7) is 4.96. The average molecular weight is 420 g/mol. The van der Waals surface area contributed by atoms with Gasteiger partial charge in [0, 0.05) is 0 Å². The van der Waals surface area contributed by atoms with Crippen LogP contribution in [0.25, 0.3) is 0 Å². The fraction of sp³-hybridized carbons (Fsp3) is 1.00. The molecule has 170 valence electrons. The summed E-state index contributed by atoms with van der Waals surface area (Å²) < 4.78 is 32.2. The molecule has 0 aliphatic heterocycles. The topological polar surface area (TPSA) is 57.6 Å². The quantitative estimate of drug-likeness (QED) is 0.158. The number of rotatable bonds is 21. The highest BCUT2D eigenvalue weighted by molar-refractivity contribution is 7.86. The van der Waals surface area contributed by atoms with E-state index >= 15 is 0 Å².